The summed E-state index contributed by atoms with van der Waals surface area (Å²) in [6.45, 7) is 10.0. The summed E-state index contributed by atoms with van der Waals surface area (Å²) in [6, 6.07) is 9.99. The highest BCUT2D eigenvalue weighted by molar-refractivity contribution is 5.96. The Morgan fingerprint density at radius 2 is 2.13 bits per heavy atom. The van der Waals surface area contributed by atoms with Gasteiger partial charge in [-0.05, 0) is 36.2 Å². The summed E-state index contributed by atoms with van der Waals surface area (Å²) in [5.74, 6) is 0.448. The molecule has 0 aliphatic rings. The van der Waals surface area contributed by atoms with Crippen molar-refractivity contribution in [2.24, 2.45) is 0 Å². The van der Waals surface area contributed by atoms with E-state index in [0.29, 0.717) is 23.9 Å². The van der Waals surface area contributed by atoms with E-state index in [0.717, 1.165) is 33.4 Å². The molecule has 0 unspecified atom stereocenters. The van der Waals surface area contributed by atoms with Crippen molar-refractivity contribution >= 4 is 22.7 Å². The second-order valence-electron chi connectivity index (χ2n) is 7.01. The molecule has 1 aromatic carbocycles. The van der Waals surface area contributed by atoms with E-state index in [4.69, 9.17) is 6.57 Å². The first-order chi connectivity index (χ1) is 15.2. The highest BCUT2D eigenvalue weighted by Gasteiger charge is 2.15. The Labute approximate surface area is 177 Å². The van der Waals surface area contributed by atoms with Crippen LogP contribution in [0.25, 0.3) is 32.8 Å². The number of nitrogens with one attached hydrogen (secondary N) is 2. The minimum absolute atomic E-state index is 0.390. The van der Waals surface area contributed by atoms with Gasteiger partial charge in [0.25, 0.3) is 0 Å². The van der Waals surface area contributed by atoms with Crippen LogP contribution in [0.1, 0.15) is 11.1 Å². The molecule has 9 nitrogen and oxygen atoms in total. The Balaban J connectivity index is 1.45. The standard InChI is InChI=1S/C22H17N9/c1-14-6-17-18(10-26-21(17)25-8-14)20-19(23-2)11-28-22(30-20)27-9-15-4-3-5-16(7-15)31-13-24-12-29-31/h3-8,10-13H,9H2,1H3,(H,25,26)(H,27,28,30). The maximum atomic E-state index is 7.52. The number of rotatable bonds is 5. The highest BCUT2D eigenvalue weighted by atomic mass is 15.3. The number of benzene rings is 1. The van der Waals surface area contributed by atoms with Gasteiger partial charge in [0.2, 0.25) is 11.6 Å². The van der Waals surface area contributed by atoms with Crippen LogP contribution in [0, 0.1) is 13.5 Å². The monoisotopic (exact) mass is 407 g/mol. The lowest BCUT2D eigenvalue weighted by atomic mass is 10.1. The lowest BCUT2D eigenvalue weighted by molar-refractivity contribution is 0.875. The molecule has 5 rings (SSSR count). The van der Waals surface area contributed by atoms with Crippen molar-refractivity contribution in [2.75, 3.05) is 5.32 Å². The van der Waals surface area contributed by atoms with E-state index in [1.165, 1.54) is 6.33 Å². The van der Waals surface area contributed by atoms with Crippen molar-refractivity contribution in [3.8, 4) is 16.9 Å². The molecule has 2 N–H and O–H groups in total. The quantitative estimate of drug-likeness (QED) is 0.426. The minimum atomic E-state index is 0.390. The van der Waals surface area contributed by atoms with Crippen molar-refractivity contribution in [3.05, 3.63) is 84.1 Å². The zero-order valence-corrected chi connectivity index (χ0v) is 16.6. The Bertz CT molecular complexity index is 1410. The molecule has 0 saturated heterocycles. The Morgan fingerprint density at radius 1 is 1.19 bits per heavy atom. The number of H-pyrrole nitrogens is 1. The second kappa shape index (κ2) is 7.68. The summed E-state index contributed by atoms with van der Waals surface area (Å²) in [5.41, 5.74) is 5.55. The first-order valence-corrected chi connectivity index (χ1v) is 9.57. The molecule has 0 spiro atoms. The Morgan fingerprint density at radius 3 is 2.97 bits per heavy atom. The molecule has 4 heterocycles. The molecule has 0 radical (unpaired) electrons. The van der Waals surface area contributed by atoms with Gasteiger partial charge in [0.1, 0.15) is 18.3 Å². The zero-order valence-electron chi connectivity index (χ0n) is 16.6. The summed E-state index contributed by atoms with van der Waals surface area (Å²) >= 11 is 0. The topological polar surface area (TPSA) is 102 Å². The third kappa shape index (κ3) is 3.58. The van der Waals surface area contributed by atoms with E-state index in [1.54, 1.807) is 23.4 Å². The number of hydrogen-bond donors (Lipinski definition) is 2. The fraction of sp³-hybridized carbons (Fsp3) is 0.0909. The normalized spacial score (nSPS) is 10.8. The molecule has 0 aliphatic carbocycles. The van der Waals surface area contributed by atoms with E-state index in [2.05, 4.69) is 40.2 Å². The molecule has 0 fully saturated rings. The molecule has 5 aromatic rings. The molecule has 0 aliphatic heterocycles. The number of aromatic nitrogens is 7. The van der Waals surface area contributed by atoms with Crippen LogP contribution in [0.5, 0.6) is 0 Å². The smallest absolute Gasteiger partial charge is 0.231 e. The number of fused-ring (bicyclic) bond motifs is 1. The van der Waals surface area contributed by atoms with Crippen molar-refractivity contribution in [1.29, 1.82) is 0 Å². The van der Waals surface area contributed by atoms with Crippen LogP contribution in [-0.4, -0.2) is 34.7 Å². The maximum absolute atomic E-state index is 7.52. The van der Waals surface area contributed by atoms with E-state index in [1.807, 2.05) is 43.5 Å². The van der Waals surface area contributed by atoms with Gasteiger partial charge < -0.3 is 10.3 Å². The predicted molar refractivity (Wildman–Crippen MR) is 117 cm³/mol. The van der Waals surface area contributed by atoms with Gasteiger partial charge >= 0.3 is 0 Å². The molecule has 0 amide bonds. The van der Waals surface area contributed by atoms with Crippen molar-refractivity contribution in [2.45, 2.75) is 13.5 Å². The summed E-state index contributed by atoms with van der Waals surface area (Å²) in [4.78, 5) is 24.1. The predicted octanol–water partition coefficient (Wildman–Crippen LogP) is 4.07. The average Bonchev–Trinajstić information content (AvgIpc) is 3.48. The molecule has 0 atom stereocenters. The minimum Gasteiger partial charge on any atom is -0.350 e. The summed E-state index contributed by atoms with van der Waals surface area (Å²) in [6.07, 6.45) is 8.34. The molecular formula is C22H17N9. The zero-order chi connectivity index (χ0) is 21.2. The molecule has 0 saturated carbocycles. The van der Waals surface area contributed by atoms with E-state index in [-0.39, 0.29) is 0 Å². The number of aromatic amines is 1. The van der Waals surface area contributed by atoms with Crippen molar-refractivity contribution in [3.63, 3.8) is 0 Å². The number of aryl methyl sites for hydroxylation is 1. The van der Waals surface area contributed by atoms with E-state index >= 15 is 0 Å². The fourth-order valence-corrected chi connectivity index (χ4v) is 3.38. The van der Waals surface area contributed by atoms with Gasteiger partial charge in [0.05, 0.1) is 18.0 Å². The van der Waals surface area contributed by atoms with Gasteiger partial charge in [-0.3, -0.25) is 0 Å². The summed E-state index contributed by atoms with van der Waals surface area (Å²) in [7, 11) is 0. The number of nitrogens with zero attached hydrogens (tertiary/aromatic N) is 7. The maximum Gasteiger partial charge on any atom is 0.231 e. The van der Waals surface area contributed by atoms with Crippen LogP contribution in [0.3, 0.4) is 0 Å². The fourth-order valence-electron chi connectivity index (χ4n) is 3.38. The first kappa shape index (κ1) is 18.4. The molecule has 31 heavy (non-hydrogen) atoms. The van der Waals surface area contributed by atoms with Gasteiger partial charge in [-0.15, -0.1) is 0 Å². The van der Waals surface area contributed by atoms with Crippen LogP contribution >= 0.6 is 0 Å². The van der Waals surface area contributed by atoms with E-state index < -0.39 is 0 Å². The molecule has 150 valence electrons. The largest absolute Gasteiger partial charge is 0.350 e. The third-order valence-electron chi connectivity index (χ3n) is 4.86. The van der Waals surface area contributed by atoms with Crippen LogP contribution < -0.4 is 5.32 Å². The van der Waals surface area contributed by atoms with Gasteiger partial charge in [0.15, 0.2) is 0 Å². The Hall–Kier alpha value is -4.58. The first-order valence-electron chi connectivity index (χ1n) is 9.57. The van der Waals surface area contributed by atoms with Crippen molar-refractivity contribution < 1.29 is 0 Å². The van der Waals surface area contributed by atoms with Gasteiger partial charge in [-0.25, -0.2) is 29.5 Å². The van der Waals surface area contributed by atoms with Gasteiger partial charge in [-0.1, -0.05) is 12.1 Å². The number of anilines is 1. The van der Waals surface area contributed by atoms with Crippen molar-refractivity contribution in [1.82, 2.24) is 34.7 Å². The van der Waals surface area contributed by atoms with Gasteiger partial charge in [0, 0.05) is 36.1 Å². The molecule has 4 aromatic heterocycles. The molecular weight excluding hydrogens is 390 g/mol. The third-order valence-corrected chi connectivity index (χ3v) is 4.86. The molecule has 0 bridgehead atoms. The van der Waals surface area contributed by atoms with Gasteiger partial charge in [-0.2, -0.15) is 5.10 Å². The molecule has 9 heteroatoms. The lowest BCUT2D eigenvalue weighted by Crippen LogP contribution is -2.05. The summed E-state index contributed by atoms with van der Waals surface area (Å²) < 4.78 is 1.70. The average molecular weight is 407 g/mol. The van der Waals surface area contributed by atoms with Crippen LogP contribution in [0.4, 0.5) is 11.6 Å². The number of hydrogen-bond acceptors (Lipinski definition) is 6. The lowest BCUT2D eigenvalue weighted by Gasteiger charge is -2.09. The van der Waals surface area contributed by atoms with E-state index in [9.17, 15) is 0 Å². The van der Waals surface area contributed by atoms with Crippen LogP contribution in [0.2, 0.25) is 0 Å². The SMILES string of the molecule is [C-]#[N+]c1cnc(NCc2cccc(-n3cncn3)c2)nc1-c1c[nH]c2ncc(C)cc12. The summed E-state index contributed by atoms with van der Waals surface area (Å²) in [5, 5.41) is 8.34. The second-order valence-corrected chi connectivity index (χ2v) is 7.01. The van der Waals surface area contributed by atoms with Crippen LogP contribution in [0.15, 0.2) is 61.6 Å². The van der Waals surface area contributed by atoms with Crippen LogP contribution in [-0.2, 0) is 6.54 Å². The Kier molecular flexibility index (Phi) is 4.57. The highest BCUT2D eigenvalue weighted by Crippen LogP contribution is 2.34. The number of pyridine rings is 1.